The molecule has 2 nitrogen and oxygen atoms in total. The summed E-state index contributed by atoms with van der Waals surface area (Å²) in [5, 5.41) is 2.52. The lowest BCUT2D eigenvalue weighted by atomic mass is 9.82. The molecule has 11 rings (SSSR count). The van der Waals surface area contributed by atoms with Gasteiger partial charge in [-0.05, 0) is 81.4 Å². The first-order valence-corrected chi connectivity index (χ1v) is 19.8. The maximum atomic E-state index is 2.59. The second-order valence-corrected chi connectivity index (χ2v) is 16.5. The number of rotatable bonds is 5. The topological polar surface area (TPSA) is 8.17 Å². The summed E-state index contributed by atoms with van der Waals surface area (Å²) in [7, 11) is 0. The minimum Gasteiger partial charge on any atom is -0.309 e. The molecule has 8 aromatic carbocycles. The van der Waals surface area contributed by atoms with Crippen LogP contribution < -0.4 is 4.90 Å². The Morgan fingerprint density at radius 2 is 0.839 bits per heavy atom. The predicted octanol–water partition coefficient (Wildman–Crippen LogP) is 14.5. The third kappa shape index (κ3) is 4.50. The summed E-state index contributed by atoms with van der Waals surface area (Å²) >= 11 is 0. The van der Waals surface area contributed by atoms with E-state index in [9.17, 15) is 0 Å². The summed E-state index contributed by atoms with van der Waals surface area (Å²) < 4.78 is 2.43. The number of anilines is 3. The average Bonchev–Trinajstić information content (AvgIpc) is 3.79. The molecule has 268 valence electrons. The summed E-state index contributed by atoms with van der Waals surface area (Å²) in [6, 6.07) is 67.6. The first-order valence-electron chi connectivity index (χ1n) is 19.8. The molecule has 0 radical (unpaired) electrons. The van der Waals surface area contributed by atoms with E-state index in [1.54, 1.807) is 0 Å². The Labute approximate surface area is 328 Å². The molecule has 9 aromatic rings. The Morgan fingerprint density at radius 1 is 0.375 bits per heavy atom. The standard InChI is InChI=1S/C54H42N2/c1-53(2)42-24-12-8-22-39(42)51-44(53)26-16-30-49(51)56(50-31-17-27-45-52(50)40-23-9-13-25-43(40)54(45,3)4)48-33-32-36(34-41(48)35-18-6-5-7-19-35)55-46-28-14-10-20-37(46)38-21-11-15-29-47(38)55/h5-34H,1-4H3. The van der Waals surface area contributed by atoms with Crippen molar-refractivity contribution in [2.24, 2.45) is 0 Å². The van der Waals surface area contributed by atoms with Gasteiger partial charge in [0.15, 0.2) is 0 Å². The van der Waals surface area contributed by atoms with Gasteiger partial charge in [0.2, 0.25) is 0 Å². The number of benzene rings is 8. The van der Waals surface area contributed by atoms with Crippen LogP contribution in [-0.2, 0) is 10.8 Å². The molecule has 0 bridgehead atoms. The van der Waals surface area contributed by atoms with Crippen LogP contribution in [0.25, 0.3) is 60.9 Å². The van der Waals surface area contributed by atoms with Crippen molar-refractivity contribution in [3.63, 3.8) is 0 Å². The normalized spacial score (nSPS) is 14.4. The smallest absolute Gasteiger partial charge is 0.0543 e. The van der Waals surface area contributed by atoms with E-state index in [0.29, 0.717) is 0 Å². The highest BCUT2D eigenvalue weighted by molar-refractivity contribution is 6.10. The Hall–Kier alpha value is -6.64. The highest BCUT2D eigenvalue weighted by Crippen LogP contribution is 2.58. The SMILES string of the molecule is CC1(C)c2ccccc2-c2c(N(c3ccc(-n4c5ccccc5c5ccccc54)cc3-c3ccccc3)c3cccc4c3-c3ccccc3C4(C)C)cccc21. The van der Waals surface area contributed by atoms with Crippen molar-refractivity contribution in [1.82, 2.24) is 4.57 Å². The Morgan fingerprint density at radius 3 is 1.39 bits per heavy atom. The molecular weight excluding hydrogens is 677 g/mol. The molecule has 0 N–H and O–H groups in total. The van der Waals surface area contributed by atoms with Crippen LogP contribution in [0.3, 0.4) is 0 Å². The first kappa shape index (κ1) is 32.8. The van der Waals surface area contributed by atoms with Crippen molar-refractivity contribution in [3.8, 4) is 39.1 Å². The van der Waals surface area contributed by atoms with Gasteiger partial charge in [-0.2, -0.15) is 0 Å². The summed E-state index contributed by atoms with van der Waals surface area (Å²) in [4.78, 5) is 2.59. The number of nitrogens with zero attached hydrogens (tertiary/aromatic N) is 2. The zero-order valence-electron chi connectivity index (χ0n) is 32.2. The van der Waals surface area contributed by atoms with E-state index in [-0.39, 0.29) is 10.8 Å². The minimum absolute atomic E-state index is 0.135. The van der Waals surface area contributed by atoms with E-state index in [0.717, 1.165) is 11.4 Å². The van der Waals surface area contributed by atoms with Gasteiger partial charge < -0.3 is 9.47 Å². The lowest BCUT2D eigenvalue weighted by Gasteiger charge is -2.33. The van der Waals surface area contributed by atoms with Crippen molar-refractivity contribution in [2.75, 3.05) is 4.90 Å². The van der Waals surface area contributed by atoms with E-state index in [1.165, 1.54) is 88.8 Å². The number of hydrogen-bond acceptors (Lipinski definition) is 1. The van der Waals surface area contributed by atoms with Gasteiger partial charge in [0, 0.05) is 44.0 Å². The number of para-hydroxylation sites is 2. The predicted molar refractivity (Wildman–Crippen MR) is 236 cm³/mol. The quantitative estimate of drug-likeness (QED) is 0.172. The molecule has 0 aliphatic heterocycles. The molecule has 2 heteroatoms. The van der Waals surface area contributed by atoms with Crippen molar-refractivity contribution in [3.05, 3.63) is 204 Å². The molecule has 0 atom stereocenters. The fourth-order valence-corrected chi connectivity index (χ4v) is 10.1. The summed E-state index contributed by atoms with van der Waals surface area (Å²) in [5.74, 6) is 0. The average molecular weight is 719 g/mol. The van der Waals surface area contributed by atoms with Gasteiger partial charge in [-0.25, -0.2) is 0 Å². The molecule has 1 heterocycles. The number of fused-ring (bicyclic) bond motifs is 9. The van der Waals surface area contributed by atoms with E-state index in [1.807, 2.05) is 0 Å². The molecule has 56 heavy (non-hydrogen) atoms. The van der Waals surface area contributed by atoms with Crippen molar-refractivity contribution >= 4 is 38.9 Å². The molecular formula is C54H42N2. The van der Waals surface area contributed by atoms with Crippen LogP contribution in [0.15, 0.2) is 182 Å². The molecule has 0 spiro atoms. The van der Waals surface area contributed by atoms with E-state index >= 15 is 0 Å². The fraction of sp³-hybridized carbons (Fsp3) is 0.111. The van der Waals surface area contributed by atoms with Crippen LogP contribution in [0, 0.1) is 0 Å². The second kappa shape index (κ2) is 11.9. The maximum Gasteiger partial charge on any atom is 0.0543 e. The Bertz CT molecular complexity index is 2870. The highest BCUT2D eigenvalue weighted by atomic mass is 15.2. The maximum absolute atomic E-state index is 2.59. The van der Waals surface area contributed by atoms with E-state index in [2.05, 4.69) is 219 Å². The zero-order chi connectivity index (χ0) is 37.8. The molecule has 0 fully saturated rings. The molecule has 1 aromatic heterocycles. The van der Waals surface area contributed by atoms with E-state index in [4.69, 9.17) is 0 Å². The van der Waals surface area contributed by atoms with E-state index < -0.39 is 0 Å². The van der Waals surface area contributed by atoms with Crippen molar-refractivity contribution < 1.29 is 0 Å². The highest BCUT2D eigenvalue weighted by Gasteiger charge is 2.41. The lowest BCUT2D eigenvalue weighted by molar-refractivity contribution is 0.660. The molecule has 0 saturated carbocycles. The van der Waals surface area contributed by atoms with Crippen LogP contribution in [-0.4, -0.2) is 4.57 Å². The molecule has 0 amide bonds. The minimum atomic E-state index is -0.135. The van der Waals surface area contributed by atoms with Gasteiger partial charge in [0.25, 0.3) is 0 Å². The van der Waals surface area contributed by atoms with Crippen molar-refractivity contribution in [1.29, 1.82) is 0 Å². The second-order valence-electron chi connectivity index (χ2n) is 16.5. The monoisotopic (exact) mass is 718 g/mol. The Kier molecular flexibility index (Phi) is 6.98. The molecule has 2 aliphatic carbocycles. The van der Waals surface area contributed by atoms with Crippen LogP contribution in [0.4, 0.5) is 17.1 Å². The largest absolute Gasteiger partial charge is 0.309 e. The summed E-state index contributed by atoms with van der Waals surface area (Å²) in [6.07, 6.45) is 0. The third-order valence-corrected chi connectivity index (χ3v) is 12.8. The van der Waals surface area contributed by atoms with Crippen LogP contribution in [0.5, 0.6) is 0 Å². The van der Waals surface area contributed by atoms with Crippen LogP contribution >= 0.6 is 0 Å². The van der Waals surface area contributed by atoms with Gasteiger partial charge >= 0.3 is 0 Å². The summed E-state index contributed by atoms with van der Waals surface area (Å²) in [5.41, 5.74) is 19.9. The molecule has 2 aliphatic rings. The van der Waals surface area contributed by atoms with Crippen LogP contribution in [0.1, 0.15) is 49.9 Å². The number of hydrogen-bond donors (Lipinski definition) is 0. The van der Waals surface area contributed by atoms with Gasteiger partial charge in [-0.1, -0.05) is 167 Å². The lowest BCUT2D eigenvalue weighted by Crippen LogP contribution is -2.17. The Balaban J connectivity index is 1.26. The van der Waals surface area contributed by atoms with Crippen LogP contribution in [0.2, 0.25) is 0 Å². The van der Waals surface area contributed by atoms with Gasteiger partial charge in [-0.3, -0.25) is 0 Å². The fourth-order valence-electron chi connectivity index (χ4n) is 10.1. The van der Waals surface area contributed by atoms with Gasteiger partial charge in [0.05, 0.1) is 28.1 Å². The summed E-state index contributed by atoms with van der Waals surface area (Å²) in [6.45, 7) is 9.50. The zero-order valence-corrected chi connectivity index (χ0v) is 32.2. The van der Waals surface area contributed by atoms with Gasteiger partial charge in [-0.15, -0.1) is 0 Å². The molecule has 0 saturated heterocycles. The molecule has 0 unspecified atom stereocenters. The third-order valence-electron chi connectivity index (χ3n) is 12.8. The number of aromatic nitrogens is 1. The van der Waals surface area contributed by atoms with Crippen molar-refractivity contribution in [2.45, 2.75) is 38.5 Å². The first-order chi connectivity index (χ1) is 27.3. The van der Waals surface area contributed by atoms with Gasteiger partial charge in [0.1, 0.15) is 0 Å².